The number of hydrogen-bond acceptors (Lipinski definition) is 4. The van der Waals surface area contributed by atoms with Crippen molar-refractivity contribution in [2.24, 2.45) is 0 Å². The second kappa shape index (κ2) is 7.06. The number of rotatable bonds is 5. The van der Waals surface area contributed by atoms with Gasteiger partial charge in [0, 0.05) is 23.2 Å². The molecule has 0 spiro atoms. The molecule has 0 radical (unpaired) electrons. The smallest absolute Gasteiger partial charge is 0.232 e. The highest BCUT2D eigenvalue weighted by Crippen LogP contribution is 2.43. The fraction of sp³-hybridized carbons (Fsp3) is 0.190. The predicted octanol–water partition coefficient (Wildman–Crippen LogP) is 3.76. The topological polar surface area (TPSA) is 71.7 Å². The van der Waals surface area contributed by atoms with Gasteiger partial charge in [-0.05, 0) is 24.6 Å². The number of ether oxygens (including phenoxy) is 1. The average molecular weight is 349 g/mol. The SMILES string of the molecule is O=C(NCCC(O)c1ccoc1)C1c2ccccc2Oc2ccccc21. The van der Waals surface area contributed by atoms with Crippen LogP contribution in [0.2, 0.25) is 0 Å². The van der Waals surface area contributed by atoms with Crippen LogP contribution in [0.3, 0.4) is 0 Å². The van der Waals surface area contributed by atoms with Gasteiger partial charge in [0.2, 0.25) is 5.91 Å². The van der Waals surface area contributed by atoms with Crippen molar-refractivity contribution in [1.29, 1.82) is 0 Å². The third kappa shape index (κ3) is 3.09. The number of benzene rings is 2. The number of para-hydroxylation sites is 2. The minimum atomic E-state index is -0.664. The Kier molecular flexibility index (Phi) is 4.46. The number of amides is 1. The van der Waals surface area contributed by atoms with Crippen molar-refractivity contribution in [3.05, 3.63) is 83.8 Å². The number of furan rings is 1. The molecule has 1 atom stereocenters. The van der Waals surface area contributed by atoms with E-state index in [1.807, 2.05) is 48.5 Å². The Labute approximate surface area is 151 Å². The van der Waals surface area contributed by atoms with Crippen LogP contribution in [0, 0.1) is 0 Å². The third-order valence-corrected chi connectivity index (χ3v) is 4.59. The van der Waals surface area contributed by atoms with Crippen molar-refractivity contribution in [3.8, 4) is 11.5 Å². The Morgan fingerprint density at radius 3 is 2.31 bits per heavy atom. The molecule has 5 nitrogen and oxygen atoms in total. The Bertz CT molecular complexity index is 858. The maximum atomic E-state index is 12.9. The van der Waals surface area contributed by atoms with E-state index >= 15 is 0 Å². The summed E-state index contributed by atoms with van der Waals surface area (Å²) in [6.45, 7) is 0.368. The van der Waals surface area contributed by atoms with Gasteiger partial charge in [0.05, 0.1) is 24.5 Å². The summed E-state index contributed by atoms with van der Waals surface area (Å²) in [6, 6.07) is 16.9. The van der Waals surface area contributed by atoms with Crippen LogP contribution in [0.25, 0.3) is 0 Å². The molecule has 0 bridgehead atoms. The molecule has 132 valence electrons. The molecule has 1 aliphatic rings. The molecule has 2 heterocycles. The lowest BCUT2D eigenvalue weighted by Gasteiger charge is -2.27. The van der Waals surface area contributed by atoms with E-state index in [1.54, 1.807) is 6.07 Å². The number of hydrogen-bond donors (Lipinski definition) is 2. The van der Waals surface area contributed by atoms with Gasteiger partial charge < -0.3 is 19.6 Å². The first kappa shape index (κ1) is 16.4. The Hall–Kier alpha value is -3.05. The Morgan fingerprint density at radius 2 is 1.69 bits per heavy atom. The Balaban J connectivity index is 1.50. The summed E-state index contributed by atoms with van der Waals surface area (Å²) in [5, 5.41) is 13.1. The summed E-state index contributed by atoms with van der Waals surface area (Å²) in [5.74, 6) is 0.865. The van der Waals surface area contributed by atoms with Gasteiger partial charge in [0.25, 0.3) is 0 Å². The molecule has 5 heteroatoms. The number of aliphatic hydroxyl groups is 1. The molecule has 0 saturated heterocycles. The first-order chi connectivity index (χ1) is 12.7. The average Bonchev–Trinajstić information content (AvgIpc) is 3.20. The van der Waals surface area contributed by atoms with Gasteiger partial charge in [-0.15, -0.1) is 0 Å². The summed E-state index contributed by atoms with van der Waals surface area (Å²) < 4.78 is 10.9. The summed E-state index contributed by atoms with van der Waals surface area (Å²) in [6.07, 6.45) is 2.78. The van der Waals surface area contributed by atoms with E-state index < -0.39 is 12.0 Å². The normalized spacial score (nSPS) is 14.0. The standard InChI is InChI=1S/C21H19NO4/c23-17(14-10-12-25-13-14)9-11-22-21(24)20-15-5-1-3-7-18(15)26-19-8-4-2-6-16(19)20/h1-8,10,12-13,17,20,23H,9,11H2,(H,22,24). The van der Waals surface area contributed by atoms with Crippen LogP contribution < -0.4 is 10.1 Å². The van der Waals surface area contributed by atoms with Crippen LogP contribution in [0.4, 0.5) is 0 Å². The van der Waals surface area contributed by atoms with E-state index in [0.29, 0.717) is 30.0 Å². The summed E-state index contributed by atoms with van der Waals surface area (Å²) in [4.78, 5) is 12.9. The molecule has 0 saturated carbocycles. The lowest BCUT2D eigenvalue weighted by atomic mass is 9.87. The fourth-order valence-electron chi connectivity index (χ4n) is 3.26. The lowest BCUT2D eigenvalue weighted by molar-refractivity contribution is -0.121. The zero-order valence-electron chi connectivity index (χ0n) is 14.1. The van der Waals surface area contributed by atoms with Gasteiger partial charge >= 0.3 is 0 Å². The first-order valence-electron chi connectivity index (χ1n) is 8.57. The van der Waals surface area contributed by atoms with Crippen molar-refractivity contribution in [2.75, 3.05) is 6.54 Å². The van der Waals surface area contributed by atoms with Crippen LogP contribution in [-0.4, -0.2) is 17.6 Å². The van der Waals surface area contributed by atoms with E-state index in [9.17, 15) is 9.90 Å². The highest BCUT2D eigenvalue weighted by Gasteiger charge is 2.32. The first-order valence-corrected chi connectivity index (χ1v) is 8.57. The van der Waals surface area contributed by atoms with Crippen molar-refractivity contribution in [1.82, 2.24) is 5.32 Å². The molecule has 0 fully saturated rings. The highest BCUT2D eigenvalue weighted by atomic mass is 16.5. The van der Waals surface area contributed by atoms with Gasteiger partial charge in [-0.2, -0.15) is 0 Å². The summed E-state index contributed by atoms with van der Waals surface area (Å²) in [5.41, 5.74) is 2.40. The summed E-state index contributed by atoms with van der Waals surface area (Å²) >= 11 is 0. The zero-order valence-corrected chi connectivity index (χ0v) is 14.1. The molecular weight excluding hydrogens is 330 g/mol. The molecule has 3 aromatic rings. The van der Waals surface area contributed by atoms with Crippen LogP contribution in [-0.2, 0) is 4.79 Å². The van der Waals surface area contributed by atoms with E-state index in [2.05, 4.69) is 5.32 Å². The van der Waals surface area contributed by atoms with E-state index in [0.717, 1.165) is 11.1 Å². The van der Waals surface area contributed by atoms with Crippen LogP contribution in [0.15, 0.2) is 71.5 Å². The van der Waals surface area contributed by atoms with Crippen LogP contribution >= 0.6 is 0 Å². The number of nitrogens with one attached hydrogen (secondary N) is 1. The maximum absolute atomic E-state index is 12.9. The quantitative estimate of drug-likeness (QED) is 0.736. The van der Waals surface area contributed by atoms with Gasteiger partial charge in [0.15, 0.2) is 0 Å². The van der Waals surface area contributed by atoms with Crippen LogP contribution in [0.1, 0.15) is 35.1 Å². The molecule has 1 amide bonds. The molecule has 2 aromatic carbocycles. The number of carbonyl (C=O) groups is 1. The second-order valence-corrected chi connectivity index (χ2v) is 6.26. The van der Waals surface area contributed by atoms with Crippen molar-refractivity contribution in [3.63, 3.8) is 0 Å². The molecule has 1 aliphatic heterocycles. The van der Waals surface area contributed by atoms with Gasteiger partial charge in [-0.1, -0.05) is 36.4 Å². The summed E-state index contributed by atoms with van der Waals surface area (Å²) in [7, 11) is 0. The zero-order chi connectivity index (χ0) is 17.9. The molecular formula is C21H19NO4. The largest absolute Gasteiger partial charge is 0.472 e. The van der Waals surface area contributed by atoms with Crippen LogP contribution in [0.5, 0.6) is 11.5 Å². The van der Waals surface area contributed by atoms with Gasteiger partial charge in [-0.25, -0.2) is 0 Å². The molecule has 26 heavy (non-hydrogen) atoms. The number of fused-ring (bicyclic) bond motifs is 2. The van der Waals surface area contributed by atoms with Gasteiger partial charge in [-0.3, -0.25) is 4.79 Å². The monoisotopic (exact) mass is 349 g/mol. The fourth-order valence-corrected chi connectivity index (χ4v) is 3.26. The molecule has 1 unspecified atom stereocenters. The third-order valence-electron chi connectivity index (χ3n) is 4.59. The maximum Gasteiger partial charge on any atom is 0.232 e. The minimum absolute atomic E-state index is 0.104. The molecule has 4 rings (SSSR count). The van der Waals surface area contributed by atoms with Crippen molar-refractivity contribution >= 4 is 5.91 Å². The molecule has 2 N–H and O–H groups in total. The van der Waals surface area contributed by atoms with E-state index in [4.69, 9.17) is 9.15 Å². The molecule has 1 aromatic heterocycles. The second-order valence-electron chi connectivity index (χ2n) is 6.26. The van der Waals surface area contributed by atoms with Crippen molar-refractivity contribution < 1.29 is 19.1 Å². The minimum Gasteiger partial charge on any atom is -0.472 e. The predicted molar refractivity (Wildman–Crippen MR) is 96.1 cm³/mol. The van der Waals surface area contributed by atoms with Crippen molar-refractivity contribution in [2.45, 2.75) is 18.4 Å². The number of carbonyl (C=O) groups excluding carboxylic acids is 1. The highest BCUT2D eigenvalue weighted by molar-refractivity contribution is 5.89. The molecule has 0 aliphatic carbocycles. The lowest BCUT2D eigenvalue weighted by Crippen LogP contribution is -2.32. The van der Waals surface area contributed by atoms with E-state index in [-0.39, 0.29) is 5.91 Å². The number of aliphatic hydroxyl groups excluding tert-OH is 1. The van der Waals surface area contributed by atoms with E-state index in [1.165, 1.54) is 12.5 Å². The Morgan fingerprint density at radius 1 is 1.04 bits per heavy atom. The van der Waals surface area contributed by atoms with Gasteiger partial charge in [0.1, 0.15) is 11.5 Å².